The second-order valence-electron chi connectivity index (χ2n) is 6.71. The highest BCUT2D eigenvalue weighted by Crippen LogP contribution is 2.34. The first kappa shape index (κ1) is 16.9. The molecule has 1 aliphatic carbocycles. The van der Waals surface area contributed by atoms with Gasteiger partial charge in [-0.2, -0.15) is 0 Å². The summed E-state index contributed by atoms with van der Waals surface area (Å²) in [6.07, 6.45) is 3.71. The van der Waals surface area contributed by atoms with E-state index in [-0.39, 0.29) is 5.91 Å². The van der Waals surface area contributed by atoms with Crippen molar-refractivity contribution in [1.29, 1.82) is 0 Å². The first-order valence-electron chi connectivity index (χ1n) is 8.85. The molecule has 4 rings (SSSR count). The normalized spacial score (nSPS) is 17.3. The van der Waals surface area contributed by atoms with Crippen LogP contribution in [0.2, 0.25) is 0 Å². The van der Waals surface area contributed by atoms with Crippen LogP contribution in [0.15, 0.2) is 24.3 Å². The zero-order chi connectivity index (χ0) is 17.4. The molecule has 2 aromatic rings. The molecule has 7 heteroatoms. The predicted molar refractivity (Wildman–Crippen MR) is 102 cm³/mol. The monoisotopic (exact) mass is 374 g/mol. The fourth-order valence-corrected chi connectivity index (χ4v) is 4.49. The minimum absolute atomic E-state index is 0.144. The van der Waals surface area contributed by atoms with Gasteiger partial charge in [-0.25, -0.2) is 4.68 Å². The number of carbonyl (C=O) groups is 1. The van der Waals surface area contributed by atoms with Crippen LogP contribution in [0.5, 0.6) is 0 Å². The van der Waals surface area contributed by atoms with Crippen molar-refractivity contribution in [3.8, 4) is 0 Å². The quantitative estimate of drug-likeness (QED) is 0.750. The number of benzene rings is 1. The molecule has 0 bridgehead atoms. The van der Waals surface area contributed by atoms with Crippen LogP contribution in [0.25, 0.3) is 0 Å². The van der Waals surface area contributed by atoms with Crippen molar-refractivity contribution >= 4 is 34.6 Å². The summed E-state index contributed by atoms with van der Waals surface area (Å²) >= 11 is 6.98. The highest BCUT2D eigenvalue weighted by Gasteiger charge is 2.35. The number of aromatic nitrogens is 2. The van der Waals surface area contributed by atoms with E-state index in [4.69, 9.17) is 12.2 Å². The molecule has 132 valence electrons. The highest BCUT2D eigenvalue weighted by atomic mass is 32.1. The molecule has 0 N–H and O–H groups in total. The van der Waals surface area contributed by atoms with Crippen molar-refractivity contribution in [2.75, 3.05) is 11.4 Å². The van der Waals surface area contributed by atoms with Crippen LogP contribution in [0.4, 0.5) is 5.13 Å². The minimum atomic E-state index is 0.144. The Bertz CT molecular complexity index is 840. The molecule has 2 aliphatic rings. The fraction of sp³-hybridized carbons (Fsp3) is 0.500. The number of fused-ring (bicyclic) bond motifs is 1. The van der Waals surface area contributed by atoms with Crippen LogP contribution < -0.4 is 4.90 Å². The van der Waals surface area contributed by atoms with E-state index in [1.165, 1.54) is 22.5 Å². The van der Waals surface area contributed by atoms with Crippen molar-refractivity contribution in [3.63, 3.8) is 0 Å². The number of rotatable bonds is 5. The second-order valence-corrected chi connectivity index (χ2v) is 8.31. The van der Waals surface area contributed by atoms with Crippen molar-refractivity contribution in [2.45, 2.75) is 51.9 Å². The third-order valence-electron chi connectivity index (χ3n) is 4.83. The van der Waals surface area contributed by atoms with E-state index in [0.717, 1.165) is 41.4 Å². The van der Waals surface area contributed by atoms with Crippen LogP contribution in [0.3, 0.4) is 0 Å². The molecule has 0 saturated heterocycles. The Labute approximate surface area is 156 Å². The molecule has 1 aliphatic heterocycles. The van der Waals surface area contributed by atoms with Crippen molar-refractivity contribution in [2.24, 2.45) is 0 Å². The van der Waals surface area contributed by atoms with E-state index in [1.54, 1.807) is 0 Å². The minimum Gasteiger partial charge on any atom is -0.284 e. The van der Waals surface area contributed by atoms with Gasteiger partial charge in [-0.3, -0.25) is 14.6 Å². The third-order valence-corrected chi connectivity index (χ3v) is 6.14. The van der Waals surface area contributed by atoms with Gasteiger partial charge < -0.3 is 0 Å². The predicted octanol–water partition coefficient (Wildman–Crippen LogP) is 3.60. The van der Waals surface area contributed by atoms with Gasteiger partial charge in [0.1, 0.15) is 0 Å². The first-order valence-corrected chi connectivity index (χ1v) is 10.1. The lowest BCUT2D eigenvalue weighted by molar-refractivity contribution is -0.118. The van der Waals surface area contributed by atoms with Gasteiger partial charge in [-0.1, -0.05) is 42.5 Å². The summed E-state index contributed by atoms with van der Waals surface area (Å²) in [7, 11) is 0. The fourth-order valence-electron chi connectivity index (χ4n) is 3.32. The zero-order valence-electron chi connectivity index (χ0n) is 14.4. The summed E-state index contributed by atoms with van der Waals surface area (Å²) in [4.78, 5) is 16.5. The summed E-state index contributed by atoms with van der Waals surface area (Å²) in [5.41, 5.74) is 2.83. The molecule has 1 aromatic carbocycles. The summed E-state index contributed by atoms with van der Waals surface area (Å²) in [6.45, 7) is 4.51. The molecule has 1 fully saturated rings. The molecule has 2 heterocycles. The van der Waals surface area contributed by atoms with Crippen LogP contribution in [0.1, 0.15) is 37.3 Å². The van der Waals surface area contributed by atoms with Gasteiger partial charge in [-0.05, 0) is 42.6 Å². The molecule has 0 spiro atoms. The average molecular weight is 375 g/mol. The Morgan fingerprint density at radius 3 is 2.84 bits per heavy atom. The van der Waals surface area contributed by atoms with Gasteiger partial charge >= 0.3 is 0 Å². The zero-order valence-corrected chi connectivity index (χ0v) is 16.0. The molecule has 25 heavy (non-hydrogen) atoms. The first-order chi connectivity index (χ1) is 12.2. The van der Waals surface area contributed by atoms with Crippen LogP contribution >= 0.6 is 23.6 Å². The van der Waals surface area contributed by atoms with E-state index in [1.807, 2.05) is 16.5 Å². The van der Waals surface area contributed by atoms with Gasteiger partial charge in [-0.15, -0.1) is 5.10 Å². The molecular formula is C18H22N4OS2. The number of amides is 1. The van der Waals surface area contributed by atoms with E-state index >= 15 is 0 Å². The van der Waals surface area contributed by atoms with Gasteiger partial charge in [0.05, 0.1) is 6.67 Å². The van der Waals surface area contributed by atoms with E-state index < -0.39 is 0 Å². The third kappa shape index (κ3) is 3.54. The van der Waals surface area contributed by atoms with E-state index in [9.17, 15) is 4.79 Å². The smallest absolute Gasteiger partial charge is 0.228 e. The van der Waals surface area contributed by atoms with Crippen molar-refractivity contribution < 1.29 is 4.79 Å². The lowest BCUT2D eigenvalue weighted by atomic mass is 10.0. The Kier molecular flexibility index (Phi) is 4.71. The molecule has 0 radical (unpaired) electrons. The van der Waals surface area contributed by atoms with Crippen molar-refractivity contribution in [1.82, 2.24) is 14.7 Å². The second kappa shape index (κ2) is 6.97. The van der Waals surface area contributed by atoms with Gasteiger partial charge in [0.2, 0.25) is 11.0 Å². The van der Waals surface area contributed by atoms with Crippen LogP contribution in [-0.2, 0) is 24.4 Å². The highest BCUT2D eigenvalue weighted by molar-refractivity contribution is 7.73. The number of hydrogen-bond acceptors (Lipinski definition) is 5. The number of nitrogens with zero attached hydrogens (tertiary/aromatic N) is 4. The maximum Gasteiger partial charge on any atom is 0.228 e. The van der Waals surface area contributed by atoms with Gasteiger partial charge in [0, 0.05) is 25.6 Å². The van der Waals surface area contributed by atoms with E-state index in [2.05, 4.69) is 34.3 Å². The van der Waals surface area contributed by atoms with E-state index in [0.29, 0.717) is 19.1 Å². The summed E-state index contributed by atoms with van der Waals surface area (Å²) in [5.74, 6) is 0.144. The Balaban J connectivity index is 1.51. The summed E-state index contributed by atoms with van der Waals surface area (Å²) in [5, 5.41) is 5.45. The molecular weight excluding hydrogens is 352 g/mol. The Hall–Kier alpha value is -1.57. The number of anilines is 1. The Morgan fingerprint density at radius 2 is 2.12 bits per heavy atom. The molecule has 1 amide bonds. The van der Waals surface area contributed by atoms with Gasteiger partial charge in [0.25, 0.3) is 0 Å². The lowest BCUT2D eigenvalue weighted by Gasteiger charge is -2.28. The molecule has 1 saturated carbocycles. The Morgan fingerprint density at radius 1 is 1.36 bits per heavy atom. The SMILES string of the molecule is CCC(=O)N(c1nn(CN2CCc3ccccc3C2)c(=S)s1)C1CC1. The largest absolute Gasteiger partial charge is 0.284 e. The lowest BCUT2D eigenvalue weighted by Crippen LogP contribution is -2.34. The summed E-state index contributed by atoms with van der Waals surface area (Å²) in [6, 6.07) is 8.93. The summed E-state index contributed by atoms with van der Waals surface area (Å²) < 4.78 is 2.62. The topological polar surface area (TPSA) is 41.4 Å². The van der Waals surface area contributed by atoms with Crippen LogP contribution in [0, 0.1) is 3.95 Å². The number of hydrogen-bond donors (Lipinski definition) is 0. The molecule has 5 nitrogen and oxygen atoms in total. The molecule has 0 atom stereocenters. The molecule has 0 unspecified atom stereocenters. The maximum absolute atomic E-state index is 12.3. The van der Waals surface area contributed by atoms with Crippen molar-refractivity contribution in [3.05, 3.63) is 39.3 Å². The number of carbonyl (C=O) groups excluding carboxylic acids is 1. The van der Waals surface area contributed by atoms with Gasteiger partial charge in [0.15, 0.2) is 3.95 Å². The average Bonchev–Trinajstić information content (AvgIpc) is 3.39. The van der Waals surface area contributed by atoms with Crippen LogP contribution in [-0.4, -0.2) is 33.2 Å². The standard InChI is InChI=1S/C18H22N4OS2/c1-2-16(23)22(15-7-8-15)17-19-21(18(24)25-17)12-20-10-9-13-5-3-4-6-14(13)11-20/h3-6,15H,2,7-12H2,1H3. The maximum atomic E-state index is 12.3. The molecule has 1 aromatic heterocycles.